The van der Waals surface area contributed by atoms with Gasteiger partial charge in [-0.25, -0.2) is 0 Å². The van der Waals surface area contributed by atoms with Gasteiger partial charge in [0.25, 0.3) is 0 Å². The molecule has 20 heavy (non-hydrogen) atoms. The van der Waals surface area contributed by atoms with Crippen molar-refractivity contribution in [1.29, 1.82) is 0 Å². The monoisotopic (exact) mass is 282 g/mol. The van der Waals surface area contributed by atoms with E-state index in [1.807, 2.05) is 6.92 Å². The first-order valence-electron chi connectivity index (χ1n) is 8.44. The van der Waals surface area contributed by atoms with Crippen molar-refractivity contribution < 1.29 is 4.79 Å². The first-order chi connectivity index (χ1) is 9.40. The molecule has 0 bridgehead atoms. The van der Waals surface area contributed by atoms with Gasteiger partial charge in [0.1, 0.15) is 0 Å². The van der Waals surface area contributed by atoms with Crippen molar-refractivity contribution in [3.63, 3.8) is 0 Å². The Kier molecular flexibility index (Phi) is 7.57. The molecule has 1 amide bonds. The molecule has 3 heteroatoms. The Hall–Kier alpha value is -0.570. The molecule has 0 aliphatic heterocycles. The molecule has 3 unspecified atom stereocenters. The van der Waals surface area contributed by atoms with Gasteiger partial charge >= 0.3 is 0 Å². The molecule has 1 saturated carbocycles. The van der Waals surface area contributed by atoms with E-state index in [0.717, 1.165) is 18.4 Å². The maximum atomic E-state index is 12.0. The largest absolute Gasteiger partial charge is 0.354 e. The molecule has 1 aliphatic rings. The summed E-state index contributed by atoms with van der Waals surface area (Å²) in [6.45, 7) is 11.7. The molecule has 1 rings (SSSR count). The minimum Gasteiger partial charge on any atom is -0.354 e. The molecular weight excluding hydrogens is 248 g/mol. The summed E-state index contributed by atoms with van der Waals surface area (Å²) in [5, 5.41) is 6.54. The molecule has 0 radical (unpaired) electrons. The predicted molar refractivity (Wildman–Crippen MR) is 85.6 cm³/mol. The molecule has 1 fully saturated rings. The molecule has 118 valence electrons. The SMILES string of the molecule is CC(C)CNC(=O)C(C)NC1CCCC(C(C)C)CC1. The first kappa shape index (κ1) is 17.5. The molecule has 3 nitrogen and oxygen atoms in total. The highest BCUT2D eigenvalue weighted by Crippen LogP contribution is 2.28. The molecule has 3 atom stereocenters. The smallest absolute Gasteiger partial charge is 0.236 e. The third kappa shape index (κ3) is 6.25. The molecule has 0 aromatic heterocycles. The molecule has 1 aliphatic carbocycles. The highest BCUT2D eigenvalue weighted by atomic mass is 16.2. The van der Waals surface area contributed by atoms with Crippen molar-refractivity contribution >= 4 is 5.91 Å². The fourth-order valence-corrected chi connectivity index (χ4v) is 3.05. The molecule has 0 aromatic carbocycles. The Labute approximate surface area is 125 Å². The van der Waals surface area contributed by atoms with Gasteiger partial charge in [-0.05, 0) is 43.9 Å². The quantitative estimate of drug-likeness (QED) is 0.734. The van der Waals surface area contributed by atoms with Crippen LogP contribution in [0.3, 0.4) is 0 Å². The number of carbonyl (C=O) groups excluding carboxylic acids is 1. The summed E-state index contributed by atoms with van der Waals surface area (Å²) < 4.78 is 0. The molecule has 2 N–H and O–H groups in total. The molecule has 0 heterocycles. The van der Waals surface area contributed by atoms with Gasteiger partial charge in [-0.15, -0.1) is 0 Å². The van der Waals surface area contributed by atoms with Crippen LogP contribution in [0, 0.1) is 17.8 Å². The van der Waals surface area contributed by atoms with E-state index in [-0.39, 0.29) is 11.9 Å². The van der Waals surface area contributed by atoms with Crippen molar-refractivity contribution in [2.24, 2.45) is 17.8 Å². The van der Waals surface area contributed by atoms with Gasteiger partial charge in [-0.1, -0.05) is 40.5 Å². The Morgan fingerprint density at radius 3 is 2.35 bits per heavy atom. The topological polar surface area (TPSA) is 41.1 Å². The van der Waals surface area contributed by atoms with E-state index in [4.69, 9.17) is 0 Å². The zero-order valence-corrected chi connectivity index (χ0v) is 14.0. The lowest BCUT2D eigenvalue weighted by Gasteiger charge is -2.22. The second-order valence-electron chi connectivity index (χ2n) is 7.24. The highest BCUT2D eigenvalue weighted by molar-refractivity contribution is 5.81. The summed E-state index contributed by atoms with van der Waals surface area (Å²) in [5.74, 6) is 2.31. The normalized spacial score (nSPS) is 25.6. The lowest BCUT2D eigenvalue weighted by molar-refractivity contribution is -0.123. The summed E-state index contributed by atoms with van der Waals surface area (Å²) in [7, 11) is 0. The average molecular weight is 282 g/mol. The second kappa shape index (κ2) is 8.66. The van der Waals surface area contributed by atoms with Crippen LogP contribution in [-0.4, -0.2) is 24.5 Å². The van der Waals surface area contributed by atoms with Crippen LogP contribution in [0.4, 0.5) is 0 Å². The van der Waals surface area contributed by atoms with Crippen molar-refractivity contribution in [2.75, 3.05) is 6.54 Å². The zero-order valence-electron chi connectivity index (χ0n) is 14.0. The number of carbonyl (C=O) groups is 1. The highest BCUT2D eigenvalue weighted by Gasteiger charge is 2.23. The van der Waals surface area contributed by atoms with Crippen LogP contribution in [-0.2, 0) is 4.79 Å². The van der Waals surface area contributed by atoms with Crippen LogP contribution in [0.5, 0.6) is 0 Å². The summed E-state index contributed by atoms with van der Waals surface area (Å²) in [6, 6.07) is 0.438. The number of rotatable bonds is 6. The van der Waals surface area contributed by atoms with Crippen LogP contribution in [0.1, 0.15) is 66.7 Å². The van der Waals surface area contributed by atoms with E-state index in [9.17, 15) is 4.79 Å². The van der Waals surface area contributed by atoms with Crippen LogP contribution in [0.15, 0.2) is 0 Å². The van der Waals surface area contributed by atoms with Crippen molar-refractivity contribution in [2.45, 2.75) is 78.8 Å². The van der Waals surface area contributed by atoms with E-state index in [1.165, 1.54) is 32.1 Å². The van der Waals surface area contributed by atoms with Crippen molar-refractivity contribution in [3.8, 4) is 0 Å². The van der Waals surface area contributed by atoms with Crippen LogP contribution < -0.4 is 10.6 Å². The number of amides is 1. The molecule has 0 spiro atoms. The van der Waals surface area contributed by atoms with Gasteiger partial charge in [0.05, 0.1) is 6.04 Å². The van der Waals surface area contributed by atoms with Gasteiger partial charge in [0.2, 0.25) is 5.91 Å². The Bertz CT molecular complexity index is 289. The van der Waals surface area contributed by atoms with E-state index < -0.39 is 0 Å². The van der Waals surface area contributed by atoms with Crippen LogP contribution >= 0.6 is 0 Å². The fraction of sp³-hybridized carbons (Fsp3) is 0.941. The summed E-state index contributed by atoms with van der Waals surface area (Å²) >= 11 is 0. The van der Waals surface area contributed by atoms with Crippen molar-refractivity contribution in [3.05, 3.63) is 0 Å². The van der Waals surface area contributed by atoms with Gasteiger partial charge in [-0.2, -0.15) is 0 Å². The summed E-state index contributed by atoms with van der Waals surface area (Å²) in [6.07, 6.45) is 6.37. The molecule has 0 aromatic rings. The second-order valence-corrected chi connectivity index (χ2v) is 7.24. The third-order valence-corrected chi connectivity index (χ3v) is 4.52. The Balaban J connectivity index is 2.34. The lowest BCUT2D eigenvalue weighted by atomic mass is 9.89. The zero-order chi connectivity index (χ0) is 15.1. The van der Waals surface area contributed by atoms with E-state index in [2.05, 4.69) is 38.3 Å². The van der Waals surface area contributed by atoms with Gasteiger partial charge in [-0.3, -0.25) is 4.79 Å². The number of hydrogen-bond donors (Lipinski definition) is 2. The third-order valence-electron chi connectivity index (χ3n) is 4.52. The fourth-order valence-electron chi connectivity index (χ4n) is 3.05. The van der Waals surface area contributed by atoms with E-state index in [1.54, 1.807) is 0 Å². The summed E-state index contributed by atoms with van der Waals surface area (Å²) in [4.78, 5) is 12.0. The number of hydrogen-bond acceptors (Lipinski definition) is 2. The van der Waals surface area contributed by atoms with Crippen LogP contribution in [0.25, 0.3) is 0 Å². The van der Waals surface area contributed by atoms with Gasteiger partial charge in [0, 0.05) is 12.6 Å². The predicted octanol–water partition coefficient (Wildman–Crippen LogP) is 3.34. The van der Waals surface area contributed by atoms with Crippen LogP contribution in [0.2, 0.25) is 0 Å². The van der Waals surface area contributed by atoms with Crippen molar-refractivity contribution in [1.82, 2.24) is 10.6 Å². The minimum atomic E-state index is -0.0747. The maximum absolute atomic E-state index is 12.0. The van der Waals surface area contributed by atoms with E-state index >= 15 is 0 Å². The number of nitrogens with one attached hydrogen (secondary N) is 2. The molecular formula is C17H34N2O. The Morgan fingerprint density at radius 2 is 1.75 bits per heavy atom. The first-order valence-corrected chi connectivity index (χ1v) is 8.44. The maximum Gasteiger partial charge on any atom is 0.236 e. The minimum absolute atomic E-state index is 0.0747. The average Bonchev–Trinajstić information content (AvgIpc) is 2.61. The van der Waals surface area contributed by atoms with Gasteiger partial charge < -0.3 is 10.6 Å². The lowest BCUT2D eigenvalue weighted by Crippen LogP contribution is -2.47. The van der Waals surface area contributed by atoms with E-state index in [0.29, 0.717) is 12.0 Å². The standard InChI is InChI=1S/C17H34N2O/c1-12(2)11-18-17(20)14(5)19-16-8-6-7-15(9-10-16)13(3)4/h12-16,19H,6-11H2,1-5H3,(H,18,20). The van der Waals surface area contributed by atoms with Gasteiger partial charge in [0.15, 0.2) is 0 Å². The summed E-state index contributed by atoms with van der Waals surface area (Å²) in [5.41, 5.74) is 0. The molecule has 0 saturated heterocycles. The Morgan fingerprint density at radius 1 is 1.05 bits per heavy atom.